The van der Waals surface area contributed by atoms with Crippen LogP contribution in [0.4, 0.5) is 4.79 Å². The summed E-state index contributed by atoms with van der Waals surface area (Å²) in [6, 6.07) is 7.33. The summed E-state index contributed by atoms with van der Waals surface area (Å²) in [5.41, 5.74) is 3.63. The summed E-state index contributed by atoms with van der Waals surface area (Å²) in [5, 5.41) is 13.0. The predicted molar refractivity (Wildman–Crippen MR) is 122 cm³/mol. The molecule has 1 aromatic carbocycles. The van der Waals surface area contributed by atoms with Crippen molar-refractivity contribution in [2.24, 2.45) is 0 Å². The van der Waals surface area contributed by atoms with Gasteiger partial charge in [0.1, 0.15) is 22.8 Å². The number of nitrogens with one attached hydrogen (secondary N) is 2. The smallest absolute Gasteiger partial charge is 0.406 e. The van der Waals surface area contributed by atoms with Crippen molar-refractivity contribution >= 4 is 39.8 Å². The number of halogens is 1. The van der Waals surface area contributed by atoms with Crippen molar-refractivity contribution in [2.45, 2.75) is 33.4 Å². The largest absolute Gasteiger partial charge is 0.412 e. The molecular weight excluding hydrogens is 446 g/mol. The molecule has 0 unspecified atom stereocenters. The van der Waals surface area contributed by atoms with E-state index in [0.29, 0.717) is 34.1 Å². The first-order valence-corrected chi connectivity index (χ1v) is 10.7. The highest BCUT2D eigenvalue weighted by Crippen LogP contribution is 2.31. The Balaban J connectivity index is 1.57. The van der Waals surface area contributed by atoms with Crippen LogP contribution in [-0.2, 0) is 6.54 Å². The van der Waals surface area contributed by atoms with Crippen molar-refractivity contribution in [1.29, 1.82) is 0 Å². The van der Waals surface area contributed by atoms with Gasteiger partial charge in [0.05, 0.1) is 18.3 Å². The van der Waals surface area contributed by atoms with E-state index in [1.54, 1.807) is 23.1 Å². The molecule has 0 spiro atoms. The minimum absolute atomic E-state index is 0.0555. The minimum atomic E-state index is -0.564. The number of carbonyl (C=O) groups is 1. The Kier molecular flexibility index (Phi) is 5.21. The molecule has 0 bridgehead atoms. The number of hydrogen-bond donors (Lipinski definition) is 2. The molecular formula is C22H20ClN7O3. The lowest BCUT2D eigenvalue weighted by atomic mass is 10.1. The summed E-state index contributed by atoms with van der Waals surface area (Å²) >= 11 is 6.26. The molecule has 11 heteroatoms. The molecule has 33 heavy (non-hydrogen) atoms. The van der Waals surface area contributed by atoms with E-state index in [1.165, 1.54) is 0 Å². The van der Waals surface area contributed by atoms with Gasteiger partial charge in [-0.2, -0.15) is 5.10 Å². The monoisotopic (exact) mass is 465 g/mol. The molecule has 10 nitrogen and oxygen atoms in total. The summed E-state index contributed by atoms with van der Waals surface area (Å²) in [7, 11) is 0. The molecule has 1 amide bonds. The number of benzene rings is 1. The van der Waals surface area contributed by atoms with Crippen LogP contribution in [0.25, 0.3) is 33.5 Å². The Morgan fingerprint density at radius 3 is 2.94 bits per heavy atom. The molecule has 0 saturated heterocycles. The Bertz CT molecular complexity index is 1480. The number of rotatable bonds is 5. The van der Waals surface area contributed by atoms with Crippen LogP contribution >= 0.6 is 11.6 Å². The van der Waals surface area contributed by atoms with Crippen LogP contribution in [0.2, 0.25) is 5.02 Å². The van der Waals surface area contributed by atoms with E-state index in [4.69, 9.17) is 30.9 Å². The van der Waals surface area contributed by atoms with Gasteiger partial charge in [-0.1, -0.05) is 16.8 Å². The quantitative estimate of drug-likeness (QED) is 0.392. The summed E-state index contributed by atoms with van der Waals surface area (Å²) in [6.45, 7) is 5.94. The van der Waals surface area contributed by atoms with Crippen molar-refractivity contribution in [3.05, 3.63) is 53.1 Å². The van der Waals surface area contributed by atoms with Gasteiger partial charge in [0.2, 0.25) is 0 Å². The van der Waals surface area contributed by atoms with Gasteiger partial charge in [0.15, 0.2) is 16.9 Å². The number of amides is 1. The van der Waals surface area contributed by atoms with E-state index in [9.17, 15) is 4.79 Å². The van der Waals surface area contributed by atoms with Gasteiger partial charge in [-0.05, 0) is 39.0 Å². The van der Waals surface area contributed by atoms with E-state index < -0.39 is 6.09 Å². The number of ether oxygens (including phenoxy) is 1. The fourth-order valence-corrected chi connectivity index (χ4v) is 3.69. The first-order chi connectivity index (χ1) is 15.9. The van der Waals surface area contributed by atoms with Crippen molar-refractivity contribution in [3.8, 4) is 17.1 Å². The topological polar surface area (TPSA) is 124 Å². The fourth-order valence-electron chi connectivity index (χ4n) is 3.53. The predicted octanol–water partition coefficient (Wildman–Crippen LogP) is 4.47. The average molecular weight is 466 g/mol. The van der Waals surface area contributed by atoms with Crippen LogP contribution < -0.4 is 10.1 Å². The second kappa shape index (κ2) is 8.21. The van der Waals surface area contributed by atoms with Crippen LogP contribution in [0.5, 0.6) is 5.75 Å². The second-order valence-electron chi connectivity index (χ2n) is 7.89. The molecule has 168 valence electrons. The first kappa shape index (κ1) is 21.0. The zero-order valence-electron chi connectivity index (χ0n) is 18.1. The molecule has 5 aromatic rings. The maximum absolute atomic E-state index is 12.1. The highest BCUT2D eigenvalue weighted by molar-refractivity contribution is 6.31. The Morgan fingerprint density at radius 2 is 2.18 bits per heavy atom. The molecule has 0 aliphatic rings. The SMILES string of the molecule is Cc1cc(Cn2nc(-c3cnc4[nH]cc(OC(=O)NC(C)C)c4n3)c3ccc(Cl)cc32)no1. The number of aryl methyl sites for hydroxylation is 1. The highest BCUT2D eigenvalue weighted by atomic mass is 35.5. The minimum Gasteiger partial charge on any atom is -0.406 e. The lowest BCUT2D eigenvalue weighted by Gasteiger charge is -2.07. The third kappa shape index (κ3) is 4.12. The zero-order valence-corrected chi connectivity index (χ0v) is 18.8. The molecule has 5 rings (SSSR count). The Morgan fingerprint density at radius 1 is 1.33 bits per heavy atom. The van der Waals surface area contributed by atoms with Crippen molar-refractivity contribution in [2.75, 3.05) is 0 Å². The lowest BCUT2D eigenvalue weighted by molar-refractivity contribution is 0.198. The standard InChI is InChI=1S/C22H20ClN7O3/c1-11(2)26-22(31)32-18-9-25-21-20(18)27-16(8-24-21)19-15-5-4-13(23)7-17(15)30(28-19)10-14-6-12(3)33-29-14/h4-9,11H,10H2,1-3H3,(H,24,25)(H,26,31). The molecule has 0 radical (unpaired) electrons. The van der Waals surface area contributed by atoms with E-state index in [2.05, 4.69) is 20.4 Å². The Hall–Kier alpha value is -3.92. The van der Waals surface area contributed by atoms with Gasteiger partial charge >= 0.3 is 6.09 Å². The summed E-state index contributed by atoms with van der Waals surface area (Å²) in [4.78, 5) is 24.2. The van der Waals surface area contributed by atoms with Crippen molar-refractivity contribution < 1.29 is 14.1 Å². The molecule has 0 saturated carbocycles. The molecule has 0 fully saturated rings. The van der Waals surface area contributed by atoms with Gasteiger partial charge in [-0.25, -0.2) is 14.8 Å². The van der Waals surface area contributed by atoms with E-state index in [1.807, 2.05) is 39.0 Å². The van der Waals surface area contributed by atoms with Crippen molar-refractivity contribution in [1.82, 2.24) is 35.2 Å². The number of aromatic nitrogens is 6. The average Bonchev–Trinajstić information content (AvgIpc) is 3.45. The number of fused-ring (bicyclic) bond motifs is 2. The fraction of sp³-hybridized carbons (Fsp3) is 0.227. The van der Waals surface area contributed by atoms with E-state index in [-0.39, 0.29) is 11.8 Å². The molecule has 0 aliphatic heterocycles. The molecule has 4 aromatic heterocycles. The molecule has 0 aliphatic carbocycles. The normalized spacial score (nSPS) is 11.5. The van der Waals surface area contributed by atoms with Crippen LogP contribution in [0.1, 0.15) is 25.3 Å². The van der Waals surface area contributed by atoms with Gasteiger partial charge in [0, 0.05) is 28.7 Å². The summed E-state index contributed by atoms with van der Waals surface area (Å²) in [6.07, 6.45) is 2.61. The lowest BCUT2D eigenvalue weighted by Crippen LogP contribution is -2.32. The van der Waals surface area contributed by atoms with E-state index >= 15 is 0 Å². The second-order valence-corrected chi connectivity index (χ2v) is 8.33. The molecule has 4 heterocycles. The molecule has 0 atom stereocenters. The number of nitrogens with zero attached hydrogens (tertiary/aromatic N) is 5. The van der Waals surface area contributed by atoms with E-state index in [0.717, 1.165) is 22.4 Å². The third-order valence-electron chi connectivity index (χ3n) is 4.90. The van der Waals surface area contributed by atoms with Crippen LogP contribution in [0, 0.1) is 6.92 Å². The third-order valence-corrected chi connectivity index (χ3v) is 5.13. The van der Waals surface area contributed by atoms with Crippen molar-refractivity contribution in [3.63, 3.8) is 0 Å². The van der Waals surface area contributed by atoms with Gasteiger partial charge in [-0.15, -0.1) is 0 Å². The Labute approximate surface area is 192 Å². The van der Waals surface area contributed by atoms with Gasteiger partial charge in [0.25, 0.3) is 0 Å². The first-order valence-electron chi connectivity index (χ1n) is 10.3. The van der Waals surface area contributed by atoms with Crippen LogP contribution in [-0.4, -0.2) is 42.0 Å². The zero-order chi connectivity index (χ0) is 23.1. The summed E-state index contributed by atoms with van der Waals surface area (Å²) < 4.78 is 12.4. The van der Waals surface area contributed by atoms with Crippen LogP contribution in [0.3, 0.4) is 0 Å². The number of hydrogen-bond acceptors (Lipinski definition) is 7. The van der Waals surface area contributed by atoms with Gasteiger partial charge < -0.3 is 19.6 Å². The highest BCUT2D eigenvalue weighted by Gasteiger charge is 2.19. The van der Waals surface area contributed by atoms with Crippen LogP contribution in [0.15, 0.2) is 41.2 Å². The molecule has 2 N–H and O–H groups in total. The number of H-pyrrole nitrogens is 1. The summed E-state index contributed by atoms with van der Waals surface area (Å²) in [5.74, 6) is 1.000. The number of aromatic amines is 1. The number of carbonyl (C=O) groups excluding carboxylic acids is 1. The maximum Gasteiger partial charge on any atom is 0.412 e. The van der Waals surface area contributed by atoms with Gasteiger partial charge in [-0.3, -0.25) is 4.68 Å². The maximum atomic E-state index is 12.1.